The summed E-state index contributed by atoms with van der Waals surface area (Å²) in [6, 6.07) is 0. The molecule has 2 heterocycles. The second kappa shape index (κ2) is 5.16. The predicted octanol–water partition coefficient (Wildman–Crippen LogP) is 0.976. The zero-order chi connectivity index (χ0) is 10.5. The fourth-order valence-electron chi connectivity index (χ4n) is 1.99. The number of rotatable bonds is 3. The van der Waals surface area contributed by atoms with E-state index in [0.717, 1.165) is 37.4 Å². The van der Waals surface area contributed by atoms with Gasteiger partial charge in [0, 0.05) is 6.42 Å². The Balaban J connectivity index is 1.96. The highest BCUT2D eigenvalue weighted by Crippen LogP contribution is 2.13. The third-order valence-corrected chi connectivity index (χ3v) is 2.89. The van der Waals surface area contributed by atoms with Crippen LogP contribution in [-0.2, 0) is 12.8 Å². The largest absolute Gasteiger partial charge is 0.316 e. The second-order valence-electron chi connectivity index (χ2n) is 4.13. The Morgan fingerprint density at radius 2 is 2.47 bits per heavy atom. The van der Waals surface area contributed by atoms with Crippen LogP contribution in [0, 0.1) is 5.92 Å². The molecule has 1 N–H and O–H groups in total. The summed E-state index contributed by atoms with van der Waals surface area (Å²) in [5.74, 6) is 1.59. The van der Waals surface area contributed by atoms with E-state index in [-0.39, 0.29) is 0 Å². The first kappa shape index (κ1) is 10.5. The number of hydrogen-bond donors (Lipinski definition) is 1. The van der Waals surface area contributed by atoms with Gasteiger partial charge in [-0.05, 0) is 38.3 Å². The molecule has 1 aliphatic rings. The van der Waals surface area contributed by atoms with Gasteiger partial charge >= 0.3 is 0 Å². The van der Waals surface area contributed by atoms with Crippen LogP contribution in [0.25, 0.3) is 0 Å². The summed E-state index contributed by atoms with van der Waals surface area (Å²) in [7, 11) is 0. The van der Waals surface area contributed by atoms with E-state index in [1.165, 1.54) is 12.8 Å². The minimum Gasteiger partial charge on any atom is -0.316 e. The van der Waals surface area contributed by atoms with Gasteiger partial charge in [0.1, 0.15) is 0 Å². The quantitative estimate of drug-likeness (QED) is 0.801. The normalized spacial score (nSPS) is 21.5. The lowest BCUT2D eigenvalue weighted by atomic mass is 9.96. The van der Waals surface area contributed by atoms with Gasteiger partial charge in [0.2, 0.25) is 0 Å². The summed E-state index contributed by atoms with van der Waals surface area (Å²) in [5.41, 5.74) is 1.05. The highest BCUT2D eigenvalue weighted by molar-refractivity contribution is 4.97. The third kappa shape index (κ3) is 2.96. The molecule has 0 radical (unpaired) electrons. The molecule has 0 bridgehead atoms. The predicted molar refractivity (Wildman–Crippen MR) is 58.5 cm³/mol. The molecule has 0 saturated carbocycles. The average Bonchev–Trinajstić information content (AvgIpc) is 2.31. The van der Waals surface area contributed by atoms with Crippen molar-refractivity contribution < 1.29 is 0 Å². The Hall–Kier alpha value is -1.03. The fraction of sp³-hybridized carbons (Fsp3) is 0.727. The van der Waals surface area contributed by atoms with E-state index >= 15 is 0 Å². The smallest absolute Gasteiger partial charge is 0.151 e. The lowest BCUT2D eigenvalue weighted by Crippen LogP contribution is -2.31. The van der Waals surface area contributed by atoms with Gasteiger partial charge in [-0.15, -0.1) is 5.10 Å². The standard InChI is InChI=1S/C11H18N4/c1-2-10-8-13-15-11(14-10)6-9-4-3-5-12-7-9/h8-9,12H,2-7H2,1H3. The summed E-state index contributed by atoms with van der Waals surface area (Å²) in [6.07, 6.45) is 6.21. The Morgan fingerprint density at radius 1 is 1.53 bits per heavy atom. The number of piperidine rings is 1. The van der Waals surface area contributed by atoms with Crippen molar-refractivity contribution in [1.82, 2.24) is 20.5 Å². The lowest BCUT2D eigenvalue weighted by Gasteiger charge is -2.21. The molecule has 1 aliphatic heterocycles. The van der Waals surface area contributed by atoms with Crippen molar-refractivity contribution in [3.63, 3.8) is 0 Å². The summed E-state index contributed by atoms with van der Waals surface area (Å²) in [4.78, 5) is 4.48. The Morgan fingerprint density at radius 3 is 3.20 bits per heavy atom. The number of nitrogens with one attached hydrogen (secondary N) is 1. The second-order valence-corrected chi connectivity index (χ2v) is 4.13. The van der Waals surface area contributed by atoms with Crippen LogP contribution in [0.5, 0.6) is 0 Å². The third-order valence-electron chi connectivity index (χ3n) is 2.89. The molecule has 0 spiro atoms. The van der Waals surface area contributed by atoms with Crippen LogP contribution in [0.2, 0.25) is 0 Å². The topological polar surface area (TPSA) is 50.7 Å². The summed E-state index contributed by atoms with van der Waals surface area (Å²) < 4.78 is 0. The minimum absolute atomic E-state index is 0.688. The number of hydrogen-bond acceptors (Lipinski definition) is 4. The molecule has 1 aromatic heterocycles. The summed E-state index contributed by atoms with van der Waals surface area (Å²) in [5, 5.41) is 11.5. The van der Waals surface area contributed by atoms with Gasteiger partial charge in [-0.1, -0.05) is 6.92 Å². The van der Waals surface area contributed by atoms with Crippen LogP contribution in [-0.4, -0.2) is 28.3 Å². The number of aryl methyl sites for hydroxylation is 1. The van der Waals surface area contributed by atoms with Crippen LogP contribution < -0.4 is 5.32 Å². The van der Waals surface area contributed by atoms with E-state index in [0.29, 0.717) is 5.92 Å². The van der Waals surface area contributed by atoms with Crippen LogP contribution in [0.3, 0.4) is 0 Å². The number of nitrogens with zero attached hydrogens (tertiary/aromatic N) is 3. The highest BCUT2D eigenvalue weighted by atomic mass is 15.1. The van der Waals surface area contributed by atoms with Crippen molar-refractivity contribution in [1.29, 1.82) is 0 Å². The molecular weight excluding hydrogens is 188 g/mol. The van der Waals surface area contributed by atoms with E-state index in [9.17, 15) is 0 Å². The molecule has 0 aromatic carbocycles. The molecule has 1 saturated heterocycles. The SMILES string of the molecule is CCc1cnnc(CC2CCCNC2)n1. The first-order valence-corrected chi connectivity index (χ1v) is 5.76. The Kier molecular flexibility index (Phi) is 3.61. The highest BCUT2D eigenvalue weighted by Gasteiger charge is 2.15. The maximum Gasteiger partial charge on any atom is 0.151 e. The van der Waals surface area contributed by atoms with Gasteiger partial charge in [-0.2, -0.15) is 5.10 Å². The van der Waals surface area contributed by atoms with Gasteiger partial charge < -0.3 is 5.32 Å². The van der Waals surface area contributed by atoms with Crippen LogP contribution in [0.4, 0.5) is 0 Å². The monoisotopic (exact) mass is 206 g/mol. The first-order chi connectivity index (χ1) is 7.38. The van der Waals surface area contributed by atoms with Gasteiger partial charge in [-0.25, -0.2) is 4.98 Å². The average molecular weight is 206 g/mol. The lowest BCUT2D eigenvalue weighted by molar-refractivity contribution is 0.369. The van der Waals surface area contributed by atoms with Crippen LogP contribution >= 0.6 is 0 Å². The van der Waals surface area contributed by atoms with Crippen molar-refractivity contribution >= 4 is 0 Å². The molecular formula is C11H18N4. The van der Waals surface area contributed by atoms with Crippen molar-refractivity contribution in [2.75, 3.05) is 13.1 Å². The molecule has 1 unspecified atom stereocenters. The fourth-order valence-corrected chi connectivity index (χ4v) is 1.99. The molecule has 1 aromatic rings. The first-order valence-electron chi connectivity index (χ1n) is 5.76. The molecule has 15 heavy (non-hydrogen) atoms. The van der Waals surface area contributed by atoms with Crippen molar-refractivity contribution in [3.05, 3.63) is 17.7 Å². The van der Waals surface area contributed by atoms with Gasteiger partial charge in [0.25, 0.3) is 0 Å². The van der Waals surface area contributed by atoms with Crippen molar-refractivity contribution in [2.24, 2.45) is 5.92 Å². The van der Waals surface area contributed by atoms with Gasteiger partial charge in [0.05, 0.1) is 11.9 Å². The van der Waals surface area contributed by atoms with E-state index in [2.05, 4.69) is 27.4 Å². The van der Waals surface area contributed by atoms with Gasteiger partial charge in [-0.3, -0.25) is 0 Å². The maximum absolute atomic E-state index is 4.48. The molecule has 82 valence electrons. The van der Waals surface area contributed by atoms with E-state index < -0.39 is 0 Å². The molecule has 4 nitrogen and oxygen atoms in total. The zero-order valence-electron chi connectivity index (χ0n) is 9.24. The van der Waals surface area contributed by atoms with E-state index in [1.54, 1.807) is 6.20 Å². The Bertz CT molecular complexity index is 307. The molecule has 0 amide bonds. The molecule has 1 atom stereocenters. The van der Waals surface area contributed by atoms with Crippen LogP contribution in [0.15, 0.2) is 6.20 Å². The van der Waals surface area contributed by atoms with Crippen molar-refractivity contribution in [3.8, 4) is 0 Å². The molecule has 2 rings (SSSR count). The minimum atomic E-state index is 0.688. The Labute approximate surface area is 90.5 Å². The van der Waals surface area contributed by atoms with Crippen LogP contribution in [0.1, 0.15) is 31.3 Å². The van der Waals surface area contributed by atoms with Gasteiger partial charge in [0.15, 0.2) is 5.82 Å². The molecule has 0 aliphatic carbocycles. The zero-order valence-corrected chi connectivity index (χ0v) is 9.24. The molecule has 1 fully saturated rings. The summed E-state index contributed by atoms with van der Waals surface area (Å²) >= 11 is 0. The van der Waals surface area contributed by atoms with E-state index in [4.69, 9.17) is 0 Å². The molecule has 4 heteroatoms. The number of aromatic nitrogens is 3. The van der Waals surface area contributed by atoms with Crippen molar-refractivity contribution in [2.45, 2.75) is 32.6 Å². The van der Waals surface area contributed by atoms with E-state index in [1.807, 2.05) is 0 Å². The summed E-state index contributed by atoms with van der Waals surface area (Å²) in [6.45, 7) is 4.35. The maximum atomic E-state index is 4.48.